The normalized spacial score (nSPS) is 22.5. The first-order valence-electron chi connectivity index (χ1n) is 9.42. The van der Waals surface area contributed by atoms with E-state index in [0.29, 0.717) is 43.0 Å². The number of fused-ring (bicyclic) bond motifs is 3. The number of hydrogen-bond donors (Lipinski definition) is 1. The van der Waals surface area contributed by atoms with Crippen molar-refractivity contribution in [3.05, 3.63) is 59.7 Å². The zero-order chi connectivity index (χ0) is 19.9. The Labute approximate surface area is 163 Å². The monoisotopic (exact) mass is 381 g/mol. The highest BCUT2D eigenvalue weighted by atomic mass is 16.7. The van der Waals surface area contributed by atoms with E-state index in [9.17, 15) is 14.7 Å². The molecule has 1 fully saturated rings. The number of carbonyl (C=O) groups is 2. The van der Waals surface area contributed by atoms with Crippen molar-refractivity contribution in [1.82, 2.24) is 4.90 Å². The number of piperidine rings is 1. The summed E-state index contributed by atoms with van der Waals surface area (Å²) in [6.07, 6.45) is 0.871. The molecular weight excluding hydrogens is 358 g/mol. The fraction of sp³-hybridized carbons (Fsp3) is 0.364. The van der Waals surface area contributed by atoms with E-state index < -0.39 is 17.2 Å². The molecule has 146 valence electrons. The number of nitrogens with zero attached hydrogens (tertiary/aromatic N) is 1. The minimum absolute atomic E-state index is 0.00978. The van der Waals surface area contributed by atoms with Gasteiger partial charge in [-0.1, -0.05) is 30.3 Å². The third kappa shape index (κ3) is 2.67. The fourth-order valence-corrected chi connectivity index (χ4v) is 4.52. The number of carbonyl (C=O) groups excluding carboxylic acids is 2. The van der Waals surface area contributed by atoms with E-state index in [4.69, 9.17) is 9.47 Å². The van der Waals surface area contributed by atoms with E-state index in [0.717, 1.165) is 5.56 Å². The minimum Gasteiger partial charge on any atom is -0.457 e. The van der Waals surface area contributed by atoms with E-state index in [-0.39, 0.29) is 5.91 Å². The van der Waals surface area contributed by atoms with Crippen molar-refractivity contribution in [3.63, 3.8) is 0 Å². The Morgan fingerprint density at radius 2 is 1.50 bits per heavy atom. The van der Waals surface area contributed by atoms with E-state index in [1.807, 2.05) is 30.3 Å². The molecule has 1 amide bonds. The lowest BCUT2D eigenvalue weighted by molar-refractivity contribution is -0.254. The molecule has 0 saturated carbocycles. The highest BCUT2D eigenvalue weighted by Crippen LogP contribution is 2.57. The number of ether oxygens (including phenoxy) is 2. The Morgan fingerprint density at radius 3 is 2.07 bits per heavy atom. The predicted octanol–water partition coefficient (Wildman–Crippen LogP) is 3.08. The van der Waals surface area contributed by atoms with Gasteiger partial charge in [-0.15, -0.1) is 0 Å². The molecule has 2 aromatic carbocycles. The molecule has 6 heteroatoms. The average Bonchev–Trinajstić information content (AvgIpc) is 2.75. The van der Waals surface area contributed by atoms with Crippen molar-refractivity contribution < 1.29 is 24.2 Å². The summed E-state index contributed by atoms with van der Waals surface area (Å²) >= 11 is 0. The Morgan fingerprint density at radius 1 is 0.964 bits per heavy atom. The van der Waals surface area contributed by atoms with Crippen LogP contribution in [0.15, 0.2) is 48.5 Å². The standard InChI is InChI=1S/C22H23NO5/c1-15(24)23-13-11-21(12-14-23)17-7-3-5-9-19(17)27-20-10-6-4-8-18(20)22(21,26)28-16(2)25/h3-10,26H,11-14H2,1-2H3. The van der Waals surface area contributed by atoms with Gasteiger partial charge in [0, 0.05) is 32.5 Å². The van der Waals surface area contributed by atoms with Crippen LogP contribution in [-0.4, -0.2) is 35.0 Å². The van der Waals surface area contributed by atoms with E-state index >= 15 is 0 Å². The quantitative estimate of drug-likeness (QED) is 0.607. The number of para-hydroxylation sites is 2. The van der Waals surface area contributed by atoms with Crippen molar-refractivity contribution in [1.29, 1.82) is 0 Å². The van der Waals surface area contributed by atoms with Crippen LogP contribution in [0.1, 0.15) is 37.8 Å². The van der Waals surface area contributed by atoms with Gasteiger partial charge in [-0.2, -0.15) is 0 Å². The van der Waals surface area contributed by atoms with Crippen LogP contribution in [0.4, 0.5) is 0 Å². The number of likely N-dealkylation sites (tertiary alicyclic amines) is 1. The SMILES string of the molecule is CC(=O)OC1(O)c2ccccc2Oc2ccccc2C12CCN(C(C)=O)CC2. The topological polar surface area (TPSA) is 76.1 Å². The maximum Gasteiger partial charge on any atom is 0.305 e. The number of amides is 1. The average molecular weight is 381 g/mol. The summed E-state index contributed by atoms with van der Waals surface area (Å²) in [5.74, 6) is -1.43. The van der Waals surface area contributed by atoms with Gasteiger partial charge in [-0.3, -0.25) is 9.59 Å². The second kappa shape index (κ2) is 6.63. The van der Waals surface area contributed by atoms with Crippen LogP contribution >= 0.6 is 0 Å². The molecule has 2 aliphatic heterocycles. The zero-order valence-electron chi connectivity index (χ0n) is 16.0. The molecular formula is C22H23NO5. The molecule has 1 N–H and O–H groups in total. The summed E-state index contributed by atoms with van der Waals surface area (Å²) in [6.45, 7) is 3.73. The number of benzene rings is 2. The van der Waals surface area contributed by atoms with Crippen molar-refractivity contribution in [3.8, 4) is 11.5 Å². The summed E-state index contributed by atoms with van der Waals surface area (Å²) in [5.41, 5.74) is 0.254. The van der Waals surface area contributed by atoms with Gasteiger partial charge < -0.3 is 19.5 Å². The Balaban J connectivity index is 1.97. The third-order valence-corrected chi connectivity index (χ3v) is 5.88. The largest absolute Gasteiger partial charge is 0.457 e. The molecule has 28 heavy (non-hydrogen) atoms. The van der Waals surface area contributed by atoms with Crippen LogP contribution < -0.4 is 4.74 Å². The summed E-state index contributed by atoms with van der Waals surface area (Å²) in [6, 6.07) is 14.6. The van der Waals surface area contributed by atoms with Crippen LogP contribution in [0.5, 0.6) is 11.5 Å². The van der Waals surface area contributed by atoms with Gasteiger partial charge in [0.25, 0.3) is 5.79 Å². The Kier molecular flexibility index (Phi) is 4.38. The van der Waals surface area contributed by atoms with Crippen LogP contribution in [-0.2, 0) is 25.5 Å². The summed E-state index contributed by atoms with van der Waals surface area (Å²) in [5, 5.41) is 12.0. The highest BCUT2D eigenvalue weighted by molar-refractivity contribution is 5.73. The van der Waals surface area contributed by atoms with Crippen molar-refractivity contribution in [2.75, 3.05) is 13.1 Å². The number of esters is 1. The van der Waals surface area contributed by atoms with Crippen molar-refractivity contribution in [2.45, 2.75) is 37.9 Å². The van der Waals surface area contributed by atoms with Gasteiger partial charge >= 0.3 is 5.97 Å². The minimum atomic E-state index is -1.91. The predicted molar refractivity (Wildman–Crippen MR) is 102 cm³/mol. The van der Waals surface area contributed by atoms with Crippen LogP contribution in [0.3, 0.4) is 0 Å². The lowest BCUT2D eigenvalue weighted by Crippen LogP contribution is -2.57. The molecule has 0 radical (unpaired) electrons. The zero-order valence-corrected chi connectivity index (χ0v) is 16.0. The smallest absolute Gasteiger partial charge is 0.305 e. The molecule has 1 saturated heterocycles. The maximum atomic E-state index is 12.1. The summed E-state index contributed by atoms with van der Waals surface area (Å²) < 4.78 is 11.8. The van der Waals surface area contributed by atoms with E-state index in [2.05, 4.69) is 0 Å². The second-order valence-electron chi connectivity index (χ2n) is 7.42. The number of hydrogen-bond acceptors (Lipinski definition) is 5. The molecule has 6 nitrogen and oxygen atoms in total. The number of rotatable bonds is 1. The van der Waals surface area contributed by atoms with Crippen molar-refractivity contribution >= 4 is 11.9 Å². The van der Waals surface area contributed by atoms with Gasteiger partial charge in [0.1, 0.15) is 11.5 Å². The van der Waals surface area contributed by atoms with Gasteiger partial charge in [0.15, 0.2) is 0 Å². The lowest BCUT2D eigenvalue weighted by Gasteiger charge is -2.49. The van der Waals surface area contributed by atoms with Crippen LogP contribution in [0.25, 0.3) is 0 Å². The fourth-order valence-electron chi connectivity index (χ4n) is 4.52. The van der Waals surface area contributed by atoms with Gasteiger partial charge in [0.05, 0.1) is 11.0 Å². The highest BCUT2D eigenvalue weighted by Gasteiger charge is 2.60. The molecule has 1 unspecified atom stereocenters. The first-order valence-corrected chi connectivity index (χ1v) is 9.42. The van der Waals surface area contributed by atoms with E-state index in [1.54, 1.807) is 23.1 Å². The molecule has 4 rings (SSSR count). The van der Waals surface area contributed by atoms with E-state index in [1.165, 1.54) is 13.8 Å². The molecule has 1 atom stereocenters. The van der Waals surface area contributed by atoms with Gasteiger partial charge in [0.2, 0.25) is 5.91 Å². The molecule has 2 aliphatic rings. The lowest BCUT2D eigenvalue weighted by atomic mass is 9.64. The summed E-state index contributed by atoms with van der Waals surface area (Å²) in [7, 11) is 0. The molecule has 2 aromatic rings. The maximum absolute atomic E-state index is 12.1. The Bertz CT molecular complexity index is 932. The third-order valence-electron chi connectivity index (χ3n) is 5.88. The number of aliphatic hydroxyl groups is 1. The van der Waals surface area contributed by atoms with Crippen molar-refractivity contribution in [2.24, 2.45) is 0 Å². The van der Waals surface area contributed by atoms with Crippen LogP contribution in [0.2, 0.25) is 0 Å². The van der Waals surface area contributed by atoms with Gasteiger partial charge in [-0.25, -0.2) is 0 Å². The molecule has 0 bridgehead atoms. The Hall–Kier alpha value is -2.86. The van der Waals surface area contributed by atoms with Gasteiger partial charge in [-0.05, 0) is 31.0 Å². The van der Waals surface area contributed by atoms with Crippen LogP contribution in [0, 0.1) is 0 Å². The molecule has 1 spiro atoms. The first kappa shape index (κ1) is 18.5. The second-order valence-corrected chi connectivity index (χ2v) is 7.42. The molecule has 0 aliphatic carbocycles. The summed E-state index contributed by atoms with van der Waals surface area (Å²) in [4.78, 5) is 25.7. The molecule has 2 heterocycles. The molecule has 0 aromatic heterocycles. The first-order chi connectivity index (χ1) is 13.4.